The molecular formula is C14H8ClN5O. The predicted octanol–water partition coefficient (Wildman–Crippen LogP) is 2.74. The number of carbonyl (C=O) groups excluding carboxylic acids is 1. The average Bonchev–Trinajstić information content (AvgIpc) is 2.94. The summed E-state index contributed by atoms with van der Waals surface area (Å²) < 4.78 is 0. The van der Waals surface area contributed by atoms with Crippen molar-refractivity contribution in [2.45, 2.75) is 0 Å². The summed E-state index contributed by atoms with van der Waals surface area (Å²) >= 11 is 6.08. The van der Waals surface area contributed by atoms with Crippen molar-refractivity contribution in [2.75, 3.05) is 5.32 Å². The molecule has 0 fully saturated rings. The second-order valence-electron chi connectivity index (χ2n) is 4.24. The Morgan fingerprint density at radius 1 is 1.38 bits per heavy atom. The molecule has 1 aromatic carbocycles. The molecule has 6 nitrogen and oxygen atoms in total. The number of amides is 1. The van der Waals surface area contributed by atoms with Gasteiger partial charge in [-0.2, -0.15) is 10.4 Å². The maximum Gasteiger partial charge on any atom is 0.275 e. The molecule has 3 rings (SSSR count). The third-order valence-corrected chi connectivity index (χ3v) is 3.21. The lowest BCUT2D eigenvalue weighted by Crippen LogP contribution is -2.14. The van der Waals surface area contributed by atoms with Gasteiger partial charge in [0.2, 0.25) is 0 Å². The lowest BCUT2D eigenvalue weighted by molar-refractivity contribution is 0.102. The Bertz CT molecular complexity index is 880. The van der Waals surface area contributed by atoms with E-state index in [9.17, 15) is 4.79 Å². The van der Waals surface area contributed by atoms with Crippen LogP contribution in [0.25, 0.3) is 10.8 Å². The van der Waals surface area contributed by atoms with Crippen LogP contribution in [-0.4, -0.2) is 21.1 Å². The van der Waals surface area contributed by atoms with Crippen LogP contribution in [-0.2, 0) is 0 Å². The van der Waals surface area contributed by atoms with Gasteiger partial charge in [-0.1, -0.05) is 35.9 Å². The van der Waals surface area contributed by atoms with Gasteiger partial charge >= 0.3 is 0 Å². The molecule has 0 saturated heterocycles. The van der Waals surface area contributed by atoms with Gasteiger partial charge in [0.25, 0.3) is 5.91 Å². The van der Waals surface area contributed by atoms with Crippen molar-refractivity contribution >= 4 is 34.1 Å². The highest BCUT2D eigenvalue weighted by Crippen LogP contribution is 2.22. The number of aromatic nitrogens is 3. The number of halogens is 1. The second kappa shape index (κ2) is 5.23. The standard InChI is InChI=1S/C14H8ClN5O/c15-12-10-4-2-1-3-8(10)5-11(18-12)14(21)19-13-9(6-16)7-17-20-13/h1-5,7H,(H2,17,19,20,21). The fourth-order valence-electron chi connectivity index (χ4n) is 1.92. The number of nitriles is 1. The first-order chi connectivity index (χ1) is 10.2. The summed E-state index contributed by atoms with van der Waals surface area (Å²) in [4.78, 5) is 16.3. The molecule has 0 spiro atoms. The molecule has 102 valence electrons. The van der Waals surface area contributed by atoms with Crippen molar-refractivity contribution in [3.8, 4) is 6.07 Å². The van der Waals surface area contributed by atoms with Crippen LogP contribution in [0.5, 0.6) is 0 Å². The molecule has 2 aromatic heterocycles. The topological polar surface area (TPSA) is 94.5 Å². The number of pyridine rings is 1. The van der Waals surface area contributed by atoms with Gasteiger partial charge in [-0.25, -0.2) is 4.98 Å². The lowest BCUT2D eigenvalue weighted by atomic mass is 10.1. The van der Waals surface area contributed by atoms with Crippen LogP contribution in [0.4, 0.5) is 5.82 Å². The first kappa shape index (κ1) is 13.1. The molecule has 0 radical (unpaired) electrons. The summed E-state index contributed by atoms with van der Waals surface area (Å²) in [5.41, 5.74) is 0.410. The number of nitrogens with zero attached hydrogens (tertiary/aromatic N) is 3. The summed E-state index contributed by atoms with van der Waals surface area (Å²) in [5.74, 6) is -0.239. The van der Waals surface area contributed by atoms with Gasteiger partial charge in [0.05, 0.1) is 6.20 Å². The SMILES string of the molecule is N#Cc1cn[nH]c1NC(=O)c1cc2ccccc2c(Cl)n1. The van der Waals surface area contributed by atoms with Crippen LogP contribution in [0.2, 0.25) is 5.15 Å². The fraction of sp³-hybridized carbons (Fsp3) is 0. The average molecular weight is 298 g/mol. The first-order valence-electron chi connectivity index (χ1n) is 5.99. The molecule has 0 unspecified atom stereocenters. The van der Waals surface area contributed by atoms with E-state index in [0.717, 1.165) is 10.8 Å². The minimum Gasteiger partial charge on any atom is -0.304 e. The smallest absolute Gasteiger partial charge is 0.275 e. The Hall–Kier alpha value is -2.91. The van der Waals surface area contributed by atoms with Crippen LogP contribution in [0.1, 0.15) is 16.1 Å². The minimum atomic E-state index is -0.469. The van der Waals surface area contributed by atoms with Gasteiger partial charge in [0.15, 0.2) is 0 Å². The molecule has 2 N–H and O–H groups in total. The largest absolute Gasteiger partial charge is 0.304 e. The van der Waals surface area contributed by atoms with E-state index in [1.807, 2.05) is 30.3 Å². The highest BCUT2D eigenvalue weighted by Gasteiger charge is 2.14. The molecule has 7 heteroatoms. The van der Waals surface area contributed by atoms with E-state index in [4.69, 9.17) is 16.9 Å². The van der Waals surface area contributed by atoms with Gasteiger partial charge in [-0.05, 0) is 11.5 Å². The van der Waals surface area contributed by atoms with Gasteiger partial charge in [0, 0.05) is 5.39 Å². The van der Waals surface area contributed by atoms with Gasteiger partial charge < -0.3 is 5.32 Å². The molecule has 0 atom stereocenters. The molecule has 0 bridgehead atoms. The maximum atomic E-state index is 12.2. The molecule has 3 aromatic rings. The zero-order chi connectivity index (χ0) is 14.8. The van der Waals surface area contributed by atoms with Crippen molar-refractivity contribution in [3.63, 3.8) is 0 Å². The summed E-state index contributed by atoms with van der Waals surface area (Å²) in [7, 11) is 0. The third-order valence-electron chi connectivity index (χ3n) is 2.92. The Morgan fingerprint density at radius 3 is 3.00 bits per heavy atom. The van der Waals surface area contributed by atoms with Crippen LogP contribution in [0.15, 0.2) is 36.5 Å². The molecule has 1 amide bonds. The second-order valence-corrected chi connectivity index (χ2v) is 4.60. The summed E-state index contributed by atoms with van der Waals surface area (Å²) in [6.45, 7) is 0. The molecule has 0 saturated carbocycles. The maximum absolute atomic E-state index is 12.2. The van der Waals surface area contributed by atoms with E-state index in [2.05, 4.69) is 20.5 Å². The first-order valence-corrected chi connectivity index (χ1v) is 6.37. The monoisotopic (exact) mass is 297 g/mol. The van der Waals surface area contributed by atoms with Crippen molar-refractivity contribution < 1.29 is 4.79 Å². The number of H-pyrrole nitrogens is 1. The quantitative estimate of drug-likeness (QED) is 0.711. The highest BCUT2D eigenvalue weighted by atomic mass is 35.5. The summed E-state index contributed by atoms with van der Waals surface area (Å²) in [6.07, 6.45) is 1.33. The molecule has 0 aliphatic heterocycles. The number of aromatic amines is 1. The Morgan fingerprint density at radius 2 is 2.19 bits per heavy atom. The summed E-state index contributed by atoms with van der Waals surface area (Å²) in [6, 6.07) is 10.9. The van der Waals surface area contributed by atoms with Crippen molar-refractivity contribution in [1.29, 1.82) is 5.26 Å². The molecular weight excluding hydrogens is 290 g/mol. The van der Waals surface area contributed by atoms with E-state index in [-0.39, 0.29) is 22.2 Å². The fourth-order valence-corrected chi connectivity index (χ4v) is 2.18. The van der Waals surface area contributed by atoms with E-state index in [1.165, 1.54) is 6.20 Å². The number of rotatable bonds is 2. The Kier molecular flexibility index (Phi) is 3.26. The number of benzene rings is 1. The third kappa shape index (κ3) is 2.42. The Labute approximate surface area is 124 Å². The van der Waals surface area contributed by atoms with E-state index < -0.39 is 5.91 Å². The number of nitrogens with one attached hydrogen (secondary N) is 2. The number of fused-ring (bicyclic) bond motifs is 1. The molecule has 21 heavy (non-hydrogen) atoms. The number of hydrogen-bond acceptors (Lipinski definition) is 4. The van der Waals surface area contributed by atoms with Crippen LogP contribution in [0.3, 0.4) is 0 Å². The normalized spacial score (nSPS) is 10.3. The van der Waals surface area contributed by atoms with E-state index in [1.54, 1.807) is 6.07 Å². The number of hydrogen-bond donors (Lipinski definition) is 2. The number of carbonyl (C=O) groups is 1. The zero-order valence-electron chi connectivity index (χ0n) is 10.6. The van der Waals surface area contributed by atoms with Crippen molar-refractivity contribution in [3.05, 3.63) is 52.9 Å². The molecule has 0 aliphatic carbocycles. The van der Waals surface area contributed by atoms with Gasteiger partial charge in [0.1, 0.15) is 28.3 Å². The Balaban J connectivity index is 1.97. The zero-order valence-corrected chi connectivity index (χ0v) is 11.3. The highest BCUT2D eigenvalue weighted by molar-refractivity contribution is 6.34. The van der Waals surface area contributed by atoms with Crippen LogP contribution < -0.4 is 5.32 Å². The minimum absolute atomic E-state index is 0.164. The van der Waals surface area contributed by atoms with Crippen molar-refractivity contribution in [2.24, 2.45) is 0 Å². The van der Waals surface area contributed by atoms with Crippen molar-refractivity contribution in [1.82, 2.24) is 15.2 Å². The van der Waals surface area contributed by atoms with Crippen LogP contribution in [0, 0.1) is 11.3 Å². The van der Waals surface area contributed by atoms with Gasteiger partial charge in [-0.15, -0.1) is 0 Å². The van der Waals surface area contributed by atoms with Crippen LogP contribution >= 0.6 is 11.6 Å². The molecule has 2 heterocycles. The predicted molar refractivity (Wildman–Crippen MR) is 78.0 cm³/mol. The lowest BCUT2D eigenvalue weighted by Gasteiger charge is -2.05. The van der Waals surface area contributed by atoms with E-state index in [0.29, 0.717) is 0 Å². The van der Waals surface area contributed by atoms with Gasteiger partial charge in [-0.3, -0.25) is 9.89 Å². The number of anilines is 1. The summed E-state index contributed by atoms with van der Waals surface area (Å²) in [5, 5.41) is 19.5. The molecule has 0 aliphatic rings. The van der Waals surface area contributed by atoms with E-state index >= 15 is 0 Å².